The summed E-state index contributed by atoms with van der Waals surface area (Å²) < 4.78 is 5.55. The Hall–Kier alpha value is -2.00. The number of fused-ring (bicyclic) bond motifs is 2. The van der Waals surface area contributed by atoms with Crippen LogP contribution in [0.4, 0.5) is 5.69 Å². The Morgan fingerprint density at radius 1 is 1.07 bits per heavy atom. The van der Waals surface area contributed by atoms with Crippen molar-refractivity contribution in [2.45, 2.75) is 39.5 Å². The Kier molecular flexibility index (Phi) is 5.40. The zero-order valence-corrected chi connectivity index (χ0v) is 17.0. The molecule has 0 fully saturated rings. The predicted octanol–water partition coefficient (Wildman–Crippen LogP) is 4.46. The summed E-state index contributed by atoms with van der Waals surface area (Å²) >= 11 is 0. The van der Waals surface area contributed by atoms with E-state index >= 15 is 0 Å². The average Bonchev–Trinajstić information content (AvgIpc) is 2.91. The van der Waals surface area contributed by atoms with E-state index in [1.54, 1.807) is 23.8 Å². The predicted molar refractivity (Wildman–Crippen MR) is 114 cm³/mol. The molecule has 2 aliphatic rings. The van der Waals surface area contributed by atoms with Gasteiger partial charge in [0.1, 0.15) is 5.75 Å². The van der Waals surface area contributed by atoms with Gasteiger partial charge in [-0.1, -0.05) is 32.0 Å². The van der Waals surface area contributed by atoms with Crippen LogP contribution < -0.4 is 15.0 Å². The second-order valence-corrected chi connectivity index (χ2v) is 8.32. The molecule has 0 spiro atoms. The van der Waals surface area contributed by atoms with Gasteiger partial charge >= 0.3 is 0 Å². The summed E-state index contributed by atoms with van der Waals surface area (Å²) in [6.07, 6.45) is 4.68. The molecule has 0 aliphatic carbocycles. The zero-order valence-electron chi connectivity index (χ0n) is 17.0. The number of methoxy groups -OCH3 is 1. The van der Waals surface area contributed by atoms with Crippen LogP contribution in [-0.4, -0.2) is 33.3 Å². The molecule has 0 atom stereocenters. The number of aryl methyl sites for hydroxylation is 1. The minimum atomic E-state index is 0.662. The standard InChI is InChI=1S/C24H32N2O/c1-17(2)16-26-13-5-7-20-14-18-9-11-25-12-10-22(18)23(24(20)26)19-6-4-8-21(15-19)27-3/h4,6,8,14-15,17,25H,5,7,9-13,16H2,1-3H3. The molecule has 0 amide bonds. The zero-order chi connectivity index (χ0) is 18.8. The molecular formula is C24H32N2O. The molecule has 3 nitrogen and oxygen atoms in total. The van der Waals surface area contributed by atoms with Crippen LogP contribution in [0.3, 0.4) is 0 Å². The summed E-state index contributed by atoms with van der Waals surface area (Å²) in [6.45, 7) is 9.09. The van der Waals surface area contributed by atoms with Gasteiger partial charge in [-0.15, -0.1) is 0 Å². The molecule has 4 rings (SSSR count). The molecule has 27 heavy (non-hydrogen) atoms. The highest BCUT2D eigenvalue weighted by Gasteiger charge is 2.26. The number of ether oxygens (including phenoxy) is 1. The van der Waals surface area contributed by atoms with Crippen LogP contribution in [0.15, 0.2) is 30.3 Å². The number of benzene rings is 2. The summed E-state index contributed by atoms with van der Waals surface area (Å²) in [4.78, 5) is 2.65. The lowest BCUT2D eigenvalue weighted by Crippen LogP contribution is -2.33. The highest BCUT2D eigenvalue weighted by molar-refractivity contribution is 5.86. The van der Waals surface area contributed by atoms with E-state index < -0.39 is 0 Å². The van der Waals surface area contributed by atoms with Crippen LogP contribution in [0.5, 0.6) is 5.75 Å². The monoisotopic (exact) mass is 364 g/mol. The summed E-state index contributed by atoms with van der Waals surface area (Å²) in [6, 6.07) is 11.2. The first-order valence-electron chi connectivity index (χ1n) is 10.4. The lowest BCUT2D eigenvalue weighted by Gasteiger charge is -2.36. The van der Waals surface area contributed by atoms with E-state index in [2.05, 4.69) is 48.3 Å². The van der Waals surface area contributed by atoms with E-state index in [-0.39, 0.29) is 0 Å². The molecule has 2 aliphatic heterocycles. The Morgan fingerprint density at radius 2 is 1.93 bits per heavy atom. The average molecular weight is 365 g/mol. The van der Waals surface area contributed by atoms with Gasteiger partial charge in [0, 0.05) is 24.3 Å². The fourth-order valence-corrected chi connectivity index (χ4v) is 4.74. The van der Waals surface area contributed by atoms with E-state index in [4.69, 9.17) is 4.74 Å². The molecule has 2 aromatic carbocycles. The minimum absolute atomic E-state index is 0.662. The molecule has 1 N–H and O–H groups in total. The van der Waals surface area contributed by atoms with Gasteiger partial charge in [-0.2, -0.15) is 0 Å². The summed E-state index contributed by atoms with van der Waals surface area (Å²) in [5.74, 6) is 1.60. The van der Waals surface area contributed by atoms with E-state index in [1.807, 2.05) is 6.07 Å². The number of anilines is 1. The number of nitrogens with one attached hydrogen (secondary N) is 1. The third kappa shape index (κ3) is 3.70. The van der Waals surface area contributed by atoms with Crippen molar-refractivity contribution in [3.05, 3.63) is 47.0 Å². The second kappa shape index (κ2) is 7.93. The van der Waals surface area contributed by atoms with Crippen LogP contribution in [-0.2, 0) is 19.3 Å². The van der Waals surface area contributed by atoms with Gasteiger partial charge in [-0.3, -0.25) is 0 Å². The smallest absolute Gasteiger partial charge is 0.119 e. The molecule has 0 unspecified atom stereocenters. The lowest BCUT2D eigenvalue weighted by atomic mass is 9.85. The normalized spacial score (nSPS) is 16.7. The highest BCUT2D eigenvalue weighted by Crippen LogP contribution is 2.43. The first-order valence-corrected chi connectivity index (χ1v) is 10.4. The maximum atomic E-state index is 5.55. The number of hydrogen-bond acceptors (Lipinski definition) is 3. The molecule has 0 bridgehead atoms. The largest absolute Gasteiger partial charge is 0.497 e. The van der Waals surface area contributed by atoms with Crippen molar-refractivity contribution in [3.63, 3.8) is 0 Å². The Bertz CT molecular complexity index is 812. The van der Waals surface area contributed by atoms with Crippen molar-refractivity contribution in [1.29, 1.82) is 0 Å². The van der Waals surface area contributed by atoms with Gasteiger partial charge in [-0.25, -0.2) is 0 Å². The van der Waals surface area contributed by atoms with Gasteiger partial charge in [0.25, 0.3) is 0 Å². The Morgan fingerprint density at radius 3 is 2.74 bits per heavy atom. The van der Waals surface area contributed by atoms with Crippen LogP contribution in [0, 0.1) is 5.92 Å². The van der Waals surface area contributed by atoms with Gasteiger partial charge in [-0.05, 0) is 79.1 Å². The minimum Gasteiger partial charge on any atom is -0.497 e. The molecule has 0 aromatic heterocycles. The van der Waals surface area contributed by atoms with E-state index in [0.29, 0.717) is 5.92 Å². The van der Waals surface area contributed by atoms with Gasteiger partial charge in [0.05, 0.1) is 7.11 Å². The maximum Gasteiger partial charge on any atom is 0.119 e. The van der Waals surface area contributed by atoms with E-state index in [1.165, 1.54) is 36.2 Å². The van der Waals surface area contributed by atoms with Gasteiger partial charge in [0.2, 0.25) is 0 Å². The van der Waals surface area contributed by atoms with Crippen molar-refractivity contribution in [3.8, 4) is 16.9 Å². The first-order chi connectivity index (χ1) is 13.2. The van der Waals surface area contributed by atoms with Crippen molar-refractivity contribution in [2.75, 3.05) is 38.2 Å². The van der Waals surface area contributed by atoms with Crippen LogP contribution in [0.1, 0.15) is 37.0 Å². The van der Waals surface area contributed by atoms with Crippen molar-refractivity contribution >= 4 is 5.69 Å². The number of hydrogen-bond donors (Lipinski definition) is 1. The third-order valence-electron chi connectivity index (χ3n) is 5.84. The maximum absolute atomic E-state index is 5.55. The summed E-state index contributed by atoms with van der Waals surface area (Å²) in [5, 5.41) is 3.59. The lowest BCUT2D eigenvalue weighted by molar-refractivity contribution is 0.415. The molecular weight excluding hydrogens is 332 g/mol. The summed E-state index contributed by atoms with van der Waals surface area (Å²) in [5.41, 5.74) is 8.89. The number of nitrogens with zero attached hydrogens (tertiary/aromatic N) is 1. The van der Waals surface area contributed by atoms with Crippen LogP contribution >= 0.6 is 0 Å². The van der Waals surface area contributed by atoms with E-state index in [0.717, 1.165) is 38.2 Å². The van der Waals surface area contributed by atoms with Crippen molar-refractivity contribution in [1.82, 2.24) is 5.32 Å². The first kappa shape index (κ1) is 18.4. The van der Waals surface area contributed by atoms with Gasteiger partial charge in [0.15, 0.2) is 0 Å². The quantitative estimate of drug-likeness (QED) is 0.867. The molecule has 3 heteroatoms. The topological polar surface area (TPSA) is 24.5 Å². The molecule has 0 saturated carbocycles. The SMILES string of the molecule is COc1cccc(-c2c3c(cc4c2N(CC(C)C)CCC4)CCNCC3)c1. The third-order valence-corrected chi connectivity index (χ3v) is 5.84. The Balaban J connectivity index is 1.95. The van der Waals surface area contributed by atoms with E-state index in [9.17, 15) is 0 Å². The molecule has 0 radical (unpaired) electrons. The fourth-order valence-electron chi connectivity index (χ4n) is 4.74. The van der Waals surface area contributed by atoms with Crippen molar-refractivity contribution < 1.29 is 4.74 Å². The molecule has 0 saturated heterocycles. The van der Waals surface area contributed by atoms with Crippen LogP contribution in [0.25, 0.3) is 11.1 Å². The Labute approximate surface area is 163 Å². The highest BCUT2D eigenvalue weighted by atomic mass is 16.5. The fraction of sp³-hybridized carbons (Fsp3) is 0.500. The van der Waals surface area contributed by atoms with Gasteiger partial charge < -0.3 is 15.0 Å². The molecule has 2 aromatic rings. The summed E-state index contributed by atoms with van der Waals surface area (Å²) in [7, 11) is 1.76. The van der Waals surface area contributed by atoms with Crippen LogP contribution in [0.2, 0.25) is 0 Å². The number of rotatable bonds is 4. The van der Waals surface area contributed by atoms with Crippen molar-refractivity contribution in [2.24, 2.45) is 5.92 Å². The molecule has 144 valence electrons. The molecule has 2 heterocycles. The second-order valence-electron chi connectivity index (χ2n) is 8.32.